The Morgan fingerprint density at radius 2 is 1.95 bits per heavy atom. The molecule has 1 N–H and O–H groups in total. The van der Waals surface area contributed by atoms with E-state index >= 15 is 0 Å². The molecule has 2 rings (SSSR count). The van der Waals surface area contributed by atoms with E-state index in [1.807, 2.05) is 6.92 Å². The molecule has 22 heavy (non-hydrogen) atoms. The Hall–Kier alpha value is -1.89. The van der Waals surface area contributed by atoms with Crippen LogP contribution in [0.5, 0.6) is 0 Å². The molecular weight excluding hydrogens is 304 g/mol. The number of carbonyl (C=O) groups excluding carboxylic acids is 3. The van der Waals surface area contributed by atoms with Crippen LogP contribution >= 0.6 is 11.3 Å². The Labute approximate surface area is 133 Å². The van der Waals surface area contributed by atoms with E-state index in [-0.39, 0.29) is 17.7 Å². The normalized spacial score (nSPS) is 15.5. The molecule has 7 heteroatoms. The summed E-state index contributed by atoms with van der Waals surface area (Å²) in [7, 11) is 1.32. The minimum Gasteiger partial charge on any atom is -0.465 e. The molecule has 0 radical (unpaired) electrons. The van der Waals surface area contributed by atoms with Gasteiger partial charge < -0.3 is 15.0 Å². The zero-order valence-electron chi connectivity index (χ0n) is 13.0. The molecule has 120 valence electrons. The molecule has 1 aromatic rings. The lowest BCUT2D eigenvalue weighted by Crippen LogP contribution is -2.40. The summed E-state index contributed by atoms with van der Waals surface area (Å²) in [6.07, 6.45) is 1.28. The molecule has 0 bridgehead atoms. The summed E-state index contributed by atoms with van der Waals surface area (Å²) >= 11 is 1.36. The van der Waals surface area contributed by atoms with Gasteiger partial charge in [0.2, 0.25) is 11.8 Å². The highest BCUT2D eigenvalue weighted by molar-refractivity contribution is 7.16. The number of methoxy groups -OCH3 is 1. The van der Waals surface area contributed by atoms with E-state index in [0.29, 0.717) is 36.5 Å². The van der Waals surface area contributed by atoms with Crippen LogP contribution in [0.4, 0.5) is 5.00 Å². The second-order valence-corrected chi connectivity index (χ2v) is 6.62. The number of aryl methyl sites for hydroxylation is 1. The van der Waals surface area contributed by atoms with Gasteiger partial charge >= 0.3 is 5.97 Å². The Morgan fingerprint density at radius 3 is 2.50 bits per heavy atom. The number of nitrogens with zero attached hydrogens (tertiary/aromatic N) is 1. The fourth-order valence-corrected chi connectivity index (χ4v) is 3.44. The van der Waals surface area contributed by atoms with Crippen molar-refractivity contribution in [3.05, 3.63) is 16.5 Å². The highest BCUT2D eigenvalue weighted by Gasteiger charge is 2.27. The average molecular weight is 324 g/mol. The van der Waals surface area contributed by atoms with Gasteiger partial charge in [-0.3, -0.25) is 9.59 Å². The minimum absolute atomic E-state index is 0.0423. The SMILES string of the molecule is COC(=O)c1cc(C)sc1NC(=O)C1CCN(C(C)=O)CC1. The van der Waals surface area contributed by atoms with Gasteiger partial charge in [-0.05, 0) is 25.8 Å². The highest BCUT2D eigenvalue weighted by atomic mass is 32.1. The summed E-state index contributed by atoms with van der Waals surface area (Å²) in [6, 6.07) is 1.71. The van der Waals surface area contributed by atoms with Crippen molar-refractivity contribution in [3.63, 3.8) is 0 Å². The molecule has 0 spiro atoms. The molecule has 0 aliphatic carbocycles. The van der Waals surface area contributed by atoms with Gasteiger partial charge in [0, 0.05) is 30.8 Å². The molecule has 1 aliphatic heterocycles. The lowest BCUT2D eigenvalue weighted by molar-refractivity contribution is -0.132. The lowest BCUT2D eigenvalue weighted by atomic mass is 9.96. The molecule has 1 fully saturated rings. The monoisotopic (exact) mass is 324 g/mol. The predicted octanol–water partition coefficient (Wildman–Crippen LogP) is 2.04. The fraction of sp³-hybridized carbons (Fsp3) is 0.533. The Morgan fingerprint density at radius 1 is 1.32 bits per heavy atom. The number of likely N-dealkylation sites (tertiary alicyclic amines) is 1. The molecule has 0 unspecified atom stereocenters. The number of hydrogen-bond donors (Lipinski definition) is 1. The number of hydrogen-bond acceptors (Lipinski definition) is 5. The van der Waals surface area contributed by atoms with Gasteiger partial charge in [-0.25, -0.2) is 4.79 Å². The van der Waals surface area contributed by atoms with Gasteiger partial charge in [0.05, 0.1) is 12.7 Å². The number of piperidine rings is 1. The summed E-state index contributed by atoms with van der Waals surface area (Å²) in [6.45, 7) is 4.61. The third-order valence-electron chi connectivity index (χ3n) is 3.81. The van der Waals surface area contributed by atoms with Gasteiger partial charge in [-0.1, -0.05) is 0 Å². The van der Waals surface area contributed by atoms with Crippen molar-refractivity contribution in [1.82, 2.24) is 4.90 Å². The van der Waals surface area contributed by atoms with E-state index in [2.05, 4.69) is 5.32 Å². The van der Waals surface area contributed by atoms with Gasteiger partial charge in [-0.15, -0.1) is 11.3 Å². The van der Waals surface area contributed by atoms with E-state index in [1.165, 1.54) is 25.4 Å². The van der Waals surface area contributed by atoms with Crippen LogP contribution in [0.15, 0.2) is 6.07 Å². The highest BCUT2D eigenvalue weighted by Crippen LogP contribution is 2.29. The summed E-state index contributed by atoms with van der Waals surface area (Å²) in [4.78, 5) is 38.0. The second kappa shape index (κ2) is 6.91. The Balaban J connectivity index is 2.01. The summed E-state index contributed by atoms with van der Waals surface area (Å²) < 4.78 is 4.73. The predicted molar refractivity (Wildman–Crippen MR) is 84.0 cm³/mol. The van der Waals surface area contributed by atoms with Gasteiger partial charge in [-0.2, -0.15) is 0 Å². The van der Waals surface area contributed by atoms with E-state index in [9.17, 15) is 14.4 Å². The van der Waals surface area contributed by atoms with Crippen molar-refractivity contribution in [2.24, 2.45) is 5.92 Å². The van der Waals surface area contributed by atoms with Crippen molar-refractivity contribution in [2.45, 2.75) is 26.7 Å². The van der Waals surface area contributed by atoms with Gasteiger partial charge in [0.1, 0.15) is 5.00 Å². The van der Waals surface area contributed by atoms with Gasteiger partial charge in [0.15, 0.2) is 0 Å². The van der Waals surface area contributed by atoms with Crippen molar-refractivity contribution in [3.8, 4) is 0 Å². The number of amides is 2. The van der Waals surface area contributed by atoms with E-state index in [4.69, 9.17) is 4.74 Å². The van der Waals surface area contributed by atoms with E-state index in [0.717, 1.165) is 4.88 Å². The number of esters is 1. The van der Waals surface area contributed by atoms with E-state index in [1.54, 1.807) is 11.0 Å². The largest absolute Gasteiger partial charge is 0.465 e. The third-order valence-corrected chi connectivity index (χ3v) is 4.77. The summed E-state index contributed by atoms with van der Waals surface area (Å²) in [5.74, 6) is -0.648. The van der Waals surface area contributed by atoms with Crippen LogP contribution in [0.3, 0.4) is 0 Å². The van der Waals surface area contributed by atoms with Crippen molar-refractivity contribution >= 4 is 34.1 Å². The van der Waals surface area contributed by atoms with Crippen LogP contribution in [0.25, 0.3) is 0 Å². The topological polar surface area (TPSA) is 75.7 Å². The van der Waals surface area contributed by atoms with Crippen LogP contribution in [-0.2, 0) is 14.3 Å². The van der Waals surface area contributed by atoms with Crippen molar-refractivity contribution in [2.75, 3.05) is 25.5 Å². The molecule has 0 atom stereocenters. The number of rotatable bonds is 3. The maximum absolute atomic E-state index is 12.4. The molecule has 2 heterocycles. The zero-order valence-corrected chi connectivity index (χ0v) is 13.8. The zero-order chi connectivity index (χ0) is 16.3. The number of ether oxygens (including phenoxy) is 1. The molecule has 2 amide bonds. The maximum atomic E-state index is 12.4. The van der Waals surface area contributed by atoms with Crippen LogP contribution in [0, 0.1) is 12.8 Å². The second-order valence-electron chi connectivity index (χ2n) is 5.36. The first kappa shape index (κ1) is 16.5. The molecule has 1 saturated heterocycles. The smallest absolute Gasteiger partial charge is 0.340 e. The maximum Gasteiger partial charge on any atom is 0.340 e. The van der Waals surface area contributed by atoms with E-state index < -0.39 is 5.97 Å². The molecule has 1 aliphatic rings. The Kier molecular flexibility index (Phi) is 5.18. The van der Waals surface area contributed by atoms with Crippen molar-refractivity contribution < 1.29 is 19.1 Å². The van der Waals surface area contributed by atoms with Crippen LogP contribution < -0.4 is 5.32 Å². The number of carbonyl (C=O) groups is 3. The molecular formula is C15H20N2O4S. The lowest BCUT2D eigenvalue weighted by Gasteiger charge is -2.30. The van der Waals surface area contributed by atoms with Crippen LogP contribution in [0.2, 0.25) is 0 Å². The summed E-state index contributed by atoms with van der Waals surface area (Å²) in [5.41, 5.74) is 0.388. The minimum atomic E-state index is -0.453. The third kappa shape index (κ3) is 3.65. The standard InChI is InChI=1S/C15H20N2O4S/c1-9-8-12(15(20)21-3)14(22-9)16-13(19)11-4-6-17(7-5-11)10(2)18/h8,11H,4-7H2,1-3H3,(H,16,19). The van der Waals surface area contributed by atoms with Gasteiger partial charge in [0.25, 0.3) is 0 Å². The number of nitrogens with one attached hydrogen (secondary N) is 1. The number of anilines is 1. The quantitative estimate of drug-likeness (QED) is 0.863. The fourth-order valence-electron chi connectivity index (χ4n) is 2.54. The molecule has 0 saturated carbocycles. The molecule has 0 aromatic carbocycles. The molecule has 1 aromatic heterocycles. The average Bonchev–Trinajstić information content (AvgIpc) is 2.87. The van der Waals surface area contributed by atoms with Crippen molar-refractivity contribution in [1.29, 1.82) is 0 Å². The number of thiophene rings is 1. The first-order chi connectivity index (χ1) is 10.4. The first-order valence-electron chi connectivity index (χ1n) is 7.17. The van der Waals surface area contributed by atoms with Crippen LogP contribution in [0.1, 0.15) is 35.0 Å². The Bertz CT molecular complexity index is 588. The molecule has 6 nitrogen and oxygen atoms in total. The first-order valence-corrected chi connectivity index (χ1v) is 7.99. The van der Waals surface area contributed by atoms with Crippen LogP contribution in [-0.4, -0.2) is 42.9 Å². The summed E-state index contributed by atoms with van der Waals surface area (Å²) in [5, 5.41) is 3.37.